The van der Waals surface area contributed by atoms with Crippen molar-refractivity contribution in [2.45, 2.75) is 45.8 Å². The van der Waals surface area contributed by atoms with Crippen LogP contribution in [-0.4, -0.2) is 39.2 Å². The van der Waals surface area contributed by atoms with Crippen molar-refractivity contribution in [1.29, 1.82) is 0 Å². The van der Waals surface area contributed by atoms with Crippen LogP contribution in [0.25, 0.3) is 0 Å². The molecule has 0 saturated carbocycles. The molecule has 2 atom stereocenters. The molecule has 1 fully saturated rings. The number of pyridine rings is 1. The molecule has 6 nitrogen and oxygen atoms in total. The average Bonchev–Trinajstić information content (AvgIpc) is 3.15. The Kier molecular flexibility index (Phi) is 5.79. The molecular formula is C20H26N4O2S. The Morgan fingerprint density at radius 2 is 2.15 bits per heavy atom. The number of hydrogen-bond donors (Lipinski definition) is 1. The normalized spacial score (nSPS) is 19.3. The summed E-state index contributed by atoms with van der Waals surface area (Å²) in [5.41, 5.74) is 4.58. The SMILES string of the molecule is CCn1c(C)cc([C@H]2[C@H](c3ccccn3)NC(=S)N2CCC(=O)OC)c1C. The summed E-state index contributed by atoms with van der Waals surface area (Å²) in [7, 11) is 1.41. The number of nitrogens with zero attached hydrogens (tertiary/aromatic N) is 3. The average molecular weight is 387 g/mol. The summed E-state index contributed by atoms with van der Waals surface area (Å²) in [6, 6.07) is 8.03. The third-order valence-corrected chi connectivity index (χ3v) is 5.58. The zero-order valence-electron chi connectivity index (χ0n) is 16.2. The minimum Gasteiger partial charge on any atom is -0.469 e. The standard InChI is InChI=1S/C20H26N4O2S/c1-5-23-13(2)12-15(14(23)3)19-18(16-8-6-7-10-21-16)22-20(27)24(19)11-9-17(25)26-4/h6-8,10,12,18-19H,5,9,11H2,1-4H3,(H,22,27)/t18-,19-/m0/s1. The Morgan fingerprint density at radius 1 is 1.37 bits per heavy atom. The molecule has 0 spiro atoms. The van der Waals surface area contributed by atoms with Gasteiger partial charge in [0.25, 0.3) is 0 Å². The maximum Gasteiger partial charge on any atom is 0.307 e. The lowest BCUT2D eigenvalue weighted by molar-refractivity contribution is -0.140. The molecule has 0 radical (unpaired) electrons. The van der Waals surface area contributed by atoms with Gasteiger partial charge < -0.3 is 19.5 Å². The Morgan fingerprint density at radius 3 is 2.74 bits per heavy atom. The van der Waals surface area contributed by atoms with Crippen LogP contribution >= 0.6 is 12.2 Å². The Bertz CT molecular complexity index is 834. The molecule has 3 heterocycles. The summed E-state index contributed by atoms with van der Waals surface area (Å²) in [5, 5.41) is 4.06. The van der Waals surface area contributed by atoms with Crippen LogP contribution in [0.1, 0.15) is 48.1 Å². The van der Waals surface area contributed by atoms with E-state index in [2.05, 4.69) is 46.6 Å². The van der Waals surface area contributed by atoms with E-state index in [0.717, 1.165) is 12.2 Å². The van der Waals surface area contributed by atoms with Crippen LogP contribution < -0.4 is 5.32 Å². The number of rotatable bonds is 6. The van der Waals surface area contributed by atoms with Crippen LogP contribution in [0, 0.1) is 13.8 Å². The molecule has 7 heteroatoms. The highest BCUT2D eigenvalue weighted by Crippen LogP contribution is 2.40. The number of thiocarbonyl (C=S) groups is 1. The van der Waals surface area contributed by atoms with Crippen molar-refractivity contribution in [2.24, 2.45) is 0 Å². The molecule has 0 aliphatic carbocycles. The van der Waals surface area contributed by atoms with Gasteiger partial charge in [-0.2, -0.15) is 0 Å². The van der Waals surface area contributed by atoms with E-state index in [4.69, 9.17) is 17.0 Å². The highest BCUT2D eigenvalue weighted by atomic mass is 32.1. The van der Waals surface area contributed by atoms with E-state index in [1.807, 2.05) is 18.2 Å². The molecule has 2 aromatic rings. The van der Waals surface area contributed by atoms with Gasteiger partial charge in [0.15, 0.2) is 5.11 Å². The minimum absolute atomic E-state index is 0.0245. The number of nitrogens with one attached hydrogen (secondary N) is 1. The third-order valence-electron chi connectivity index (χ3n) is 5.23. The van der Waals surface area contributed by atoms with Gasteiger partial charge in [0.1, 0.15) is 0 Å². The maximum absolute atomic E-state index is 11.7. The second-order valence-electron chi connectivity index (χ2n) is 6.72. The van der Waals surface area contributed by atoms with Crippen LogP contribution in [0.15, 0.2) is 30.5 Å². The van der Waals surface area contributed by atoms with Gasteiger partial charge in [-0.15, -0.1) is 0 Å². The highest BCUT2D eigenvalue weighted by Gasteiger charge is 2.41. The maximum atomic E-state index is 11.7. The summed E-state index contributed by atoms with van der Waals surface area (Å²) in [4.78, 5) is 18.4. The van der Waals surface area contributed by atoms with E-state index in [-0.39, 0.29) is 24.5 Å². The van der Waals surface area contributed by atoms with E-state index in [1.165, 1.54) is 24.1 Å². The van der Waals surface area contributed by atoms with Crippen molar-refractivity contribution in [3.8, 4) is 0 Å². The fourth-order valence-electron chi connectivity index (χ4n) is 3.91. The van der Waals surface area contributed by atoms with E-state index in [9.17, 15) is 4.79 Å². The van der Waals surface area contributed by atoms with Crippen LogP contribution in [0.4, 0.5) is 0 Å². The van der Waals surface area contributed by atoms with Crippen molar-refractivity contribution >= 4 is 23.3 Å². The molecule has 27 heavy (non-hydrogen) atoms. The third kappa shape index (κ3) is 3.69. The Labute approximate surface area is 165 Å². The summed E-state index contributed by atoms with van der Waals surface area (Å²) in [6.45, 7) is 7.82. The van der Waals surface area contributed by atoms with Crippen molar-refractivity contribution < 1.29 is 9.53 Å². The molecule has 1 aliphatic rings. The van der Waals surface area contributed by atoms with E-state index < -0.39 is 0 Å². The number of hydrogen-bond acceptors (Lipinski definition) is 4. The first-order chi connectivity index (χ1) is 13.0. The molecule has 0 unspecified atom stereocenters. The zero-order chi connectivity index (χ0) is 19.6. The second kappa shape index (κ2) is 8.08. The largest absolute Gasteiger partial charge is 0.469 e. The summed E-state index contributed by atoms with van der Waals surface area (Å²) in [5.74, 6) is -0.239. The first kappa shape index (κ1) is 19.4. The van der Waals surface area contributed by atoms with Crippen molar-refractivity contribution in [1.82, 2.24) is 19.8 Å². The quantitative estimate of drug-likeness (QED) is 0.608. The van der Waals surface area contributed by atoms with Gasteiger partial charge in [-0.3, -0.25) is 9.78 Å². The van der Waals surface area contributed by atoms with Gasteiger partial charge in [-0.05, 0) is 56.8 Å². The number of aryl methyl sites for hydroxylation is 1. The van der Waals surface area contributed by atoms with Crippen LogP contribution in [0.3, 0.4) is 0 Å². The van der Waals surface area contributed by atoms with Gasteiger partial charge in [-0.25, -0.2) is 0 Å². The zero-order valence-corrected chi connectivity index (χ0v) is 17.0. The summed E-state index contributed by atoms with van der Waals surface area (Å²) >= 11 is 5.62. The lowest BCUT2D eigenvalue weighted by atomic mass is 9.96. The first-order valence-corrected chi connectivity index (χ1v) is 9.60. The molecule has 1 aliphatic heterocycles. The number of methoxy groups -OCH3 is 1. The number of carbonyl (C=O) groups is 1. The van der Waals surface area contributed by atoms with Gasteiger partial charge >= 0.3 is 5.97 Å². The number of esters is 1. The monoisotopic (exact) mass is 386 g/mol. The van der Waals surface area contributed by atoms with Gasteiger partial charge in [-0.1, -0.05) is 6.07 Å². The predicted molar refractivity (Wildman–Crippen MR) is 108 cm³/mol. The van der Waals surface area contributed by atoms with Crippen molar-refractivity contribution in [3.63, 3.8) is 0 Å². The second-order valence-corrected chi connectivity index (χ2v) is 7.10. The molecule has 0 amide bonds. The molecule has 1 N–H and O–H groups in total. The predicted octanol–water partition coefficient (Wildman–Crippen LogP) is 3.06. The number of aromatic nitrogens is 2. The number of carbonyl (C=O) groups excluding carboxylic acids is 1. The first-order valence-electron chi connectivity index (χ1n) is 9.19. The van der Waals surface area contributed by atoms with Crippen LogP contribution in [0.2, 0.25) is 0 Å². The van der Waals surface area contributed by atoms with E-state index in [0.29, 0.717) is 11.7 Å². The molecule has 3 rings (SSSR count). The lowest BCUT2D eigenvalue weighted by Crippen LogP contribution is -2.32. The fourth-order valence-corrected chi connectivity index (χ4v) is 4.24. The minimum atomic E-state index is -0.239. The molecule has 2 aromatic heterocycles. The van der Waals surface area contributed by atoms with E-state index in [1.54, 1.807) is 6.20 Å². The van der Waals surface area contributed by atoms with Gasteiger partial charge in [0.05, 0.1) is 31.3 Å². The van der Waals surface area contributed by atoms with E-state index >= 15 is 0 Å². The Balaban J connectivity index is 2.03. The Hall–Kier alpha value is -2.41. The molecular weight excluding hydrogens is 360 g/mol. The number of ether oxygens (including phenoxy) is 1. The summed E-state index contributed by atoms with van der Waals surface area (Å²) < 4.78 is 7.11. The highest BCUT2D eigenvalue weighted by molar-refractivity contribution is 7.80. The molecule has 0 aromatic carbocycles. The fraction of sp³-hybridized carbons (Fsp3) is 0.450. The topological polar surface area (TPSA) is 59.4 Å². The molecule has 1 saturated heterocycles. The van der Waals surface area contributed by atoms with Gasteiger partial charge in [0, 0.05) is 30.7 Å². The molecule has 144 valence electrons. The summed E-state index contributed by atoms with van der Waals surface area (Å²) in [6.07, 6.45) is 2.08. The van der Waals surface area contributed by atoms with Crippen LogP contribution in [-0.2, 0) is 16.1 Å². The van der Waals surface area contributed by atoms with Crippen molar-refractivity contribution in [3.05, 3.63) is 53.1 Å². The van der Waals surface area contributed by atoms with Gasteiger partial charge in [0.2, 0.25) is 0 Å². The molecule has 0 bridgehead atoms. The lowest BCUT2D eigenvalue weighted by Gasteiger charge is -2.27. The smallest absolute Gasteiger partial charge is 0.307 e. The van der Waals surface area contributed by atoms with Crippen LogP contribution in [0.5, 0.6) is 0 Å². The van der Waals surface area contributed by atoms with Crippen molar-refractivity contribution in [2.75, 3.05) is 13.7 Å².